The Kier molecular flexibility index (Phi) is 6.74. The van der Waals surface area contributed by atoms with Gasteiger partial charge < -0.3 is 9.84 Å². The van der Waals surface area contributed by atoms with Crippen molar-refractivity contribution in [2.45, 2.75) is 56.4 Å². The van der Waals surface area contributed by atoms with Gasteiger partial charge in [-0.25, -0.2) is 13.1 Å². The number of carboxylic acid groups (broad SMARTS) is 1. The largest absolute Gasteiger partial charge is 0.481 e. The molecule has 0 spiro atoms. The van der Waals surface area contributed by atoms with Crippen LogP contribution in [-0.4, -0.2) is 31.5 Å². The number of hydrogen-bond donors (Lipinski definition) is 2. The predicted octanol–water partition coefficient (Wildman–Crippen LogP) is 3.12. The van der Waals surface area contributed by atoms with Crippen LogP contribution in [0.15, 0.2) is 41.3 Å². The molecule has 0 radical (unpaired) electrons. The lowest BCUT2D eigenvalue weighted by Crippen LogP contribution is -2.43. The molecule has 2 aliphatic rings. The first-order valence-corrected chi connectivity index (χ1v) is 11.4. The third kappa shape index (κ3) is 5.45. The summed E-state index contributed by atoms with van der Waals surface area (Å²) in [6.07, 6.45) is 8.60. The van der Waals surface area contributed by atoms with Gasteiger partial charge in [0, 0.05) is 19.4 Å². The van der Waals surface area contributed by atoms with Crippen molar-refractivity contribution in [1.29, 1.82) is 0 Å². The summed E-state index contributed by atoms with van der Waals surface area (Å²) in [6, 6.07) is 5.66. The van der Waals surface area contributed by atoms with Gasteiger partial charge >= 0.3 is 11.9 Å². The number of carbonyl (C=O) groups is 2. The minimum atomic E-state index is -3.69. The number of carbonyl (C=O) groups excluding carboxylic acids is 1. The summed E-state index contributed by atoms with van der Waals surface area (Å²) < 4.78 is 33.6. The predicted molar refractivity (Wildman–Crippen MR) is 107 cm³/mol. The van der Waals surface area contributed by atoms with Crippen LogP contribution in [-0.2, 0) is 19.6 Å². The van der Waals surface area contributed by atoms with Gasteiger partial charge in [-0.3, -0.25) is 9.59 Å². The number of fused-ring (bicyclic) bond motifs is 2. The van der Waals surface area contributed by atoms with Crippen molar-refractivity contribution < 1.29 is 27.9 Å². The van der Waals surface area contributed by atoms with Gasteiger partial charge in [-0.2, -0.15) is 0 Å². The number of aliphatic carboxylic acids is 1. The first-order chi connectivity index (χ1) is 13.8. The molecule has 2 saturated carbocycles. The number of allylic oxidation sites excluding steroid dienone is 1. The van der Waals surface area contributed by atoms with Crippen LogP contribution in [0.4, 0.5) is 0 Å². The van der Waals surface area contributed by atoms with E-state index in [1.807, 2.05) is 6.08 Å². The van der Waals surface area contributed by atoms with E-state index in [2.05, 4.69) is 10.8 Å². The van der Waals surface area contributed by atoms with Crippen molar-refractivity contribution >= 4 is 22.0 Å². The number of esters is 1. The van der Waals surface area contributed by atoms with E-state index in [-0.39, 0.29) is 23.3 Å². The van der Waals surface area contributed by atoms with Crippen LogP contribution in [0, 0.1) is 17.8 Å². The zero-order valence-electron chi connectivity index (χ0n) is 16.4. The molecule has 0 aromatic heterocycles. The number of ether oxygens (including phenoxy) is 1. The minimum Gasteiger partial charge on any atom is -0.481 e. The molecule has 0 saturated heterocycles. The molecule has 8 heteroatoms. The summed E-state index contributed by atoms with van der Waals surface area (Å²) in [6.45, 7) is 1.29. The summed E-state index contributed by atoms with van der Waals surface area (Å²) in [5, 5.41) is 8.72. The highest BCUT2D eigenvalue weighted by Crippen LogP contribution is 2.49. The van der Waals surface area contributed by atoms with E-state index in [1.54, 1.807) is 0 Å². The first-order valence-electron chi connectivity index (χ1n) is 9.95. The zero-order valence-corrected chi connectivity index (χ0v) is 17.2. The Morgan fingerprint density at radius 3 is 2.55 bits per heavy atom. The topological polar surface area (TPSA) is 110 Å². The van der Waals surface area contributed by atoms with Crippen molar-refractivity contribution in [1.82, 2.24) is 4.72 Å². The molecule has 158 valence electrons. The first kappa shape index (κ1) is 21.5. The molecular weight excluding hydrogens is 394 g/mol. The van der Waals surface area contributed by atoms with Crippen molar-refractivity contribution in [2.75, 3.05) is 0 Å². The van der Waals surface area contributed by atoms with Crippen LogP contribution < -0.4 is 9.46 Å². The average molecular weight is 422 g/mol. The van der Waals surface area contributed by atoms with Gasteiger partial charge in [0.05, 0.1) is 4.90 Å². The maximum atomic E-state index is 12.9. The lowest BCUT2D eigenvalue weighted by molar-refractivity contribution is -0.137. The van der Waals surface area contributed by atoms with Gasteiger partial charge in [-0.1, -0.05) is 12.2 Å². The molecule has 0 aliphatic heterocycles. The normalized spacial score (nSPS) is 26.1. The molecule has 2 aliphatic carbocycles. The number of rotatable bonds is 9. The van der Waals surface area contributed by atoms with E-state index in [9.17, 15) is 18.0 Å². The fraction of sp³-hybridized carbons (Fsp3) is 0.524. The molecule has 2 bridgehead atoms. The van der Waals surface area contributed by atoms with Crippen molar-refractivity contribution in [3.8, 4) is 5.75 Å². The summed E-state index contributed by atoms with van der Waals surface area (Å²) in [5.41, 5.74) is 0. The van der Waals surface area contributed by atoms with Crippen LogP contribution in [0.5, 0.6) is 5.75 Å². The molecular formula is C21H27NO6S. The molecule has 3 rings (SSSR count). The Morgan fingerprint density at radius 2 is 1.90 bits per heavy atom. The molecule has 29 heavy (non-hydrogen) atoms. The molecule has 1 aromatic rings. The van der Waals surface area contributed by atoms with Gasteiger partial charge in [-0.15, -0.1) is 0 Å². The lowest BCUT2D eigenvalue weighted by Gasteiger charge is -2.29. The maximum Gasteiger partial charge on any atom is 0.308 e. The quantitative estimate of drug-likeness (QED) is 0.274. The molecule has 4 unspecified atom stereocenters. The van der Waals surface area contributed by atoms with Crippen molar-refractivity contribution in [3.63, 3.8) is 0 Å². The van der Waals surface area contributed by atoms with Crippen LogP contribution >= 0.6 is 0 Å². The number of unbranched alkanes of at least 4 members (excludes halogenated alkanes) is 1. The standard InChI is InChI=1S/C21H27NO6S/c1-14(23)28-17-9-11-18(12-10-17)29(26,27)22-21-16-8-7-15(13-16)19(21)5-3-2-4-6-20(24)25/h3,5,9-12,15-16,19,21-22H,2,4,6-8,13H2,1H3,(H,24,25). The second kappa shape index (κ2) is 9.09. The molecule has 7 nitrogen and oxygen atoms in total. The van der Waals surface area contributed by atoms with Gasteiger partial charge in [0.1, 0.15) is 5.75 Å². The van der Waals surface area contributed by atoms with E-state index in [0.29, 0.717) is 30.4 Å². The fourth-order valence-electron chi connectivity index (χ4n) is 4.51. The molecule has 0 heterocycles. The van der Waals surface area contributed by atoms with Gasteiger partial charge in [0.25, 0.3) is 0 Å². The number of sulfonamides is 1. The average Bonchev–Trinajstić information content (AvgIpc) is 3.23. The molecule has 2 fully saturated rings. The monoisotopic (exact) mass is 421 g/mol. The molecule has 2 N–H and O–H groups in total. The second-order valence-electron chi connectivity index (χ2n) is 7.84. The summed E-state index contributed by atoms with van der Waals surface area (Å²) in [5.74, 6) is -0.0341. The molecule has 1 aromatic carbocycles. The fourth-order valence-corrected chi connectivity index (χ4v) is 5.85. The van der Waals surface area contributed by atoms with E-state index in [4.69, 9.17) is 9.84 Å². The third-order valence-electron chi connectivity index (χ3n) is 5.79. The highest BCUT2D eigenvalue weighted by Gasteiger charge is 2.47. The lowest BCUT2D eigenvalue weighted by atomic mass is 9.84. The zero-order chi connectivity index (χ0) is 21.0. The van der Waals surface area contributed by atoms with Gasteiger partial charge in [0.15, 0.2) is 0 Å². The summed E-state index contributed by atoms with van der Waals surface area (Å²) in [7, 11) is -3.69. The number of hydrogen-bond acceptors (Lipinski definition) is 5. The Morgan fingerprint density at radius 1 is 1.21 bits per heavy atom. The van der Waals surface area contributed by atoms with Crippen LogP contribution in [0.2, 0.25) is 0 Å². The number of carboxylic acids is 1. The van der Waals surface area contributed by atoms with Crippen LogP contribution in [0.3, 0.4) is 0 Å². The minimum absolute atomic E-state index is 0.133. The van der Waals surface area contributed by atoms with Crippen molar-refractivity contribution in [3.05, 3.63) is 36.4 Å². The van der Waals surface area contributed by atoms with E-state index in [1.165, 1.54) is 31.2 Å². The van der Waals surface area contributed by atoms with Gasteiger partial charge in [0.2, 0.25) is 10.0 Å². The molecule has 0 amide bonds. The van der Waals surface area contributed by atoms with Crippen LogP contribution in [0.1, 0.15) is 45.4 Å². The Hall–Kier alpha value is -2.19. The molecule has 4 atom stereocenters. The Bertz CT molecular complexity index is 877. The van der Waals surface area contributed by atoms with E-state index < -0.39 is 22.0 Å². The van der Waals surface area contributed by atoms with Crippen LogP contribution in [0.25, 0.3) is 0 Å². The third-order valence-corrected chi connectivity index (χ3v) is 7.26. The van der Waals surface area contributed by atoms with Crippen molar-refractivity contribution in [2.24, 2.45) is 17.8 Å². The number of nitrogens with one attached hydrogen (secondary N) is 1. The maximum absolute atomic E-state index is 12.9. The summed E-state index contributed by atoms with van der Waals surface area (Å²) in [4.78, 5) is 21.8. The van der Waals surface area contributed by atoms with E-state index >= 15 is 0 Å². The Labute approximate surface area is 171 Å². The summed E-state index contributed by atoms with van der Waals surface area (Å²) >= 11 is 0. The smallest absolute Gasteiger partial charge is 0.308 e. The van der Waals surface area contributed by atoms with E-state index in [0.717, 1.165) is 19.3 Å². The second-order valence-corrected chi connectivity index (χ2v) is 9.55. The highest BCUT2D eigenvalue weighted by molar-refractivity contribution is 7.89. The van der Waals surface area contributed by atoms with Gasteiger partial charge in [-0.05, 0) is 74.1 Å². The number of benzene rings is 1. The Balaban J connectivity index is 1.66. The highest BCUT2D eigenvalue weighted by atomic mass is 32.2. The SMILES string of the molecule is CC(=O)Oc1ccc(S(=O)(=O)NC2C3CCC(C3)C2C=CCCCC(=O)O)cc1.